The van der Waals surface area contributed by atoms with Crippen LogP contribution in [0.15, 0.2) is 12.1 Å². The second-order valence-corrected chi connectivity index (χ2v) is 10.8. The summed E-state index contributed by atoms with van der Waals surface area (Å²) in [6.07, 6.45) is 10.8. The molecule has 0 bridgehead atoms. The van der Waals surface area contributed by atoms with E-state index < -0.39 is 0 Å². The molecule has 2 saturated carbocycles. The number of rotatable bonds is 8. The normalized spacial score (nSPS) is 28.8. The minimum Gasteiger partial charge on any atom is -0.496 e. The van der Waals surface area contributed by atoms with Crippen molar-refractivity contribution < 1.29 is 19.1 Å². The molecule has 3 unspecified atom stereocenters. The summed E-state index contributed by atoms with van der Waals surface area (Å²) in [4.78, 5) is 24.3. The van der Waals surface area contributed by atoms with Gasteiger partial charge in [0, 0.05) is 18.3 Å². The zero-order valence-corrected chi connectivity index (χ0v) is 20.4. The van der Waals surface area contributed by atoms with E-state index in [-0.39, 0.29) is 17.5 Å². The van der Waals surface area contributed by atoms with Gasteiger partial charge in [-0.1, -0.05) is 19.4 Å². The molecule has 1 aromatic rings. The Bertz CT molecular complexity index is 857. The molecule has 0 saturated heterocycles. The Morgan fingerprint density at radius 1 is 1.12 bits per heavy atom. The number of carbonyl (C=O) groups is 2. The average Bonchev–Trinajstić information content (AvgIpc) is 3.06. The molecule has 0 heterocycles. The topological polar surface area (TPSA) is 52.6 Å². The van der Waals surface area contributed by atoms with E-state index in [2.05, 4.69) is 19.1 Å². The first-order chi connectivity index (χ1) is 15.3. The molecule has 4 nitrogen and oxygen atoms in total. The third kappa shape index (κ3) is 4.47. The maximum atomic E-state index is 12.6. The number of unbranched alkanes of at least 4 members (excludes halogenated alkanes) is 2. The Kier molecular flexibility index (Phi) is 6.97. The summed E-state index contributed by atoms with van der Waals surface area (Å²) in [7, 11) is 1.77. The number of methoxy groups -OCH3 is 1. The summed E-state index contributed by atoms with van der Waals surface area (Å²) < 4.78 is 11.0. The molecular formula is C28H40O4. The van der Waals surface area contributed by atoms with E-state index in [0.29, 0.717) is 30.0 Å². The summed E-state index contributed by atoms with van der Waals surface area (Å²) in [5, 5.41) is 0. The molecule has 3 aliphatic carbocycles. The highest BCUT2D eigenvalue weighted by Crippen LogP contribution is 2.59. The monoisotopic (exact) mass is 440 g/mol. The third-order valence-corrected chi connectivity index (χ3v) is 8.53. The summed E-state index contributed by atoms with van der Waals surface area (Å²) >= 11 is 0. The van der Waals surface area contributed by atoms with Crippen LogP contribution < -0.4 is 4.74 Å². The van der Waals surface area contributed by atoms with Crippen molar-refractivity contribution in [2.24, 2.45) is 17.3 Å². The van der Waals surface area contributed by atoms with E-state index in [1.165, 1.54) is 23.1 Å². The molecule has 0 amide bonds. The molecule has 2 fully saturated rings. The summed E-state index contributed by atoms with van der Waals surface area (Å²) in [5.41, 5.74) is 4.22. The molecular weight excluding hydrogens is 400 g/mol. The fourth-order valence-corrected chi connectivity index (χ4v) is 6.89. The van der Waals surface area contributed by atoms with Crippen LogP contribution in [0.3, 0.4) is 0 Å². The van der Waals surface area contributed by atoms with Gasteiger partial charge in [0.05, 0.1) is 13.2 Å². The molecule has 3 aliphatic rings. The second kappa shape index (κ2) is 9.57. The lowest BCUT2D eigenvalue weighted by Crippen LogP contribution is -2.42. The van der Waals surface area contributed by atoms with Gasteiger partial charge in [-0.3, -0.25) is 9.59 Å². The number of aryl methyl sites for hydroxylation is 2. The first-order valence-corrected chi connectivity index (χ1v) is 12.8. The van der Waals surface area contributed by atoms with Crippen molar-refractivity contribution in [3.63, 3.8) is 0 Å². The molecule has 0 N–H and O–H groups in total. The molecule has 0 radical (unpaired) electrons. The quantitative estimate of drug-likeness (QED) is 0.358. The van der Waals surface area contributed by atoms with Crippen molar-refractivity contribution in [2.75, 3.05) is 7.11 Å². The Hall–Kier alpha value is -1.84. The fraction of sp³-hybridized carbons (Fsp3) is 0.714. The van der Waals surface area contributed by atoms with Crippen molar-refractivity contribution in [1.82, 2.24) is 0 Å². The van der Waals surface area contributed by atoms with Crippen LogP contribution in [0.1, 0.15) is 101 Å². The number of hydrogen-bond acceptors (Lipinski definition) is 4. The van der Waals surface area contributed by atoms with E-state index in [0.717, 1.165) is 63.5 Å². The predicted molar refractivity (Wildman–Crippen MR) is 126 cm³/mol. The van der Waals surface area contributed by atoms with Crippen LogP contribution >= 0.6 is 0 Å². The van der Waals surface area contributed by atoms with Crippen LogP contribution in [0.2, 0.25) is 0 Å². The van der Waals surface area contributed by atoms with Gasteiger partial charge in [-0.05, 0) is 106 Å². The number of Topliss-reactive ketones (excluding diaryl/α,β-unsaturated/α-hetero) is 1. The highest BCUT2D eigenvalue weighted by Gasteiger charge is 2.54. The fourth-order valence-electron chi connectivity index (χ4n) is 6.89. The van der Waals surface area contributed by atoms with Crippen LogP contribution in [-0.2, 0) is 27.2 Å². The van der Waals surface area contributed by atoms with Gasteiger partial charge in [0.15, 0.2) is 0 Å². The third-order valence-electron chi connectivity index (χ3n) is 8.53. The van der Waals surface area contributed by atoms with Crippen molar-refractivity contribution in [2.45, 2.75) is 103 Å². The smallest absolute Gasteiger partial charge is 0.306 e. The molecule has 32 heavy (non-hydrogen) atoms. The summed E-state index contributed by atoms with van der Waals surface area (Å²) in [5.74, 6) is 3.25. The van der Waals surface area contributed by atoms with E-state index in [1.54, 1.807) is 7.11 Å². The van der Waals surface area contributed by atoms with Gasteiger partial charge in [-0.25, -0.2) is 0 Å². The standard InChI is InChI=1S/C28H40O4/c1-18(2)32-27(30)9-7-5-6-8-20-16-23-19(17-25(20)31-4)10-11-22-21(23)14-15-28(3)24(22)12-13-26(28)29/h16-18,21-22,24H,5-15H2,1-4H3/t21?,22?,24?,28-/m0/s1. The van der Waals surface area contributed by atoms with Gasteiger partial charge < -0.3 is 9.47 Å². The minimum absolute atomic E-state index is 0.0360. The van der Waals surface area contributed by atoms with Gasteiger partial charge >= 0.3 is 5.97 Å². The Morgan fingerprint density at radius 2 is 1.94 bits per heavy atom. The number of fused-ring (bicyclic) bond motifs is 5. The van der Waals surface area contributed by atoms with Crippen molar-refractivity contribution in [1.29, 1.82) is 0 Å². The van der Waals surface area contributed by atoms with Crippen LogP contribution in [0, 0.1) is 17.3 Å². The van der Waals surface area contributed by atoms with Gasteiger partial charge in [0.1, 0.15) is 11.5 Å². The van der Waals surface area contributed by atoms with Crippen LogP contribution in [0.4, 0.5) is 0 Å². The highest BCUT2D eigenvalue weighted by molar-refractivity contribution is 5.87. The number of esters is 1. The Morgan fingerprint density at radius 3 is 2.69 bits per heavy atom. The number of ketones is 1. The molecule has 4 rings (SSSR count). The molecule has 176 valence electrons. The minimum atomic E-state index is -0.0907. The first kappa shape index (κ1) is 23.3. The molecule has 4 atom stereocenters. The molecule has 1 aromatic carbocycles. The zero-order valence-electron chi connectivity index (χ0n) is 20.4. The number of ether oxygens (including phenoxy) is 2. The van der Waals surface area contributed by atoms with E-state index in [1.807, 2.05) is 13.8 Å². The lowest BCUT2D eigenvalue weighted by molar-refractivity contribution is -0.147. The molecule has 0 aliphatic heterocycles. The van der Waals surface area contributed by atoms with Crippen LogP contribution in [-0.4, -0.2) is 25.0 Å². The largest absolute Gasteiger partial charge is 0.496 e. The van der Waals surface area contributed by atoms with Crippen LogP contribution in [0.5, 0.6) is 5.75 Å². The summed E-state index contributed by atoms with van der Waals surface area (Å²) in [6, 6.07) is 4.71. The molecule has 0 spiro atoms. The van der Waals surface area contributed by atoms with E-state index in [4.69, 9.17) is 9.47 Å². The van der Waals surface area contributed by atoms with Gasteiger partial charge in [-0.2, -0.15) is 0 Å². The summed E-state index contributed by atoms with van der Waals surface area (Å²) in [6.45, 7) is 6.03. The first-order valence-electron chi connectivity index (χ1n) is 12.8. The Balaban J connectivity index is 1.42. The van der Waals surface area contributed by atoms with Crippen molar-refractivity contribution >= 4 is 11.8 Å². The van der Waals surface area contributed by atoms with E-state index >= 15 is 0 Å². The average molecular weight is 441 g/mol. The van der Waals surface area contributed by atoms with Crippen molar-refractivity contribution in [3.8, 4) is 5.75 Å². The molecule has 0 aromatic heterocycles. The van der Waals surface area contributed by atoms with Gasteiger partial charge in [-0.15, -0.1) is 0 Å². The zero-order chi connectivity index (χ0) is 22.9. The van der Waals surface area contributed by atoms with Crippen LogP contribution in [0.25, 0.3) is 0 Å². The lowest BCUT2D eigenvalue weighted by Gasteiger charge is -2.48. The second-order valence-electron chi connectivity index (χ2n) is 10.8. The number of hydrogen-bond donors (Lipinski definition) is 0. The number of benzene rings is 1. The SMILES string of the molecule is COc1cc2c(cc1CCCCCC(=O)OC(C)C)C1CC[C@]3(C)C(=O)CCC3C1CC2. The van der Waals surface area contributed by atoms with Gasteiger partial charge in [0.25, 0.3) is 0 Å². The predicted octanol–water partition coefficient (Wildman–Crippen LogP) is 6.17. The maximum Gasteiger partial charge on any atom is 0.306 e. The van der Waals surface area contributed by atoms with Crippen molar-refractivity contribution in [3.05, 3.63) is 28.8 Å². The highest BCUT2D eigenvalue weighted by atomic mass is 16.5. The van der Waals surface area contributed by atoms with Gasteiger partial charge in [0.2, 0.25) is 0 Å². The maximum absolute atomic E-state index is 12.6. The number of carbonyl (C=O) groups excluding carboxylic acids is 2. The lowest BCUT2D eigenvalue weighted by atomic mass is 9.55. The Labute approximate surface area is 193 Å². The molecule has 4 heteroatoms. The van der Waals surface area contributed by atoms with E-state index in [9.17, 15) is 9.59 Å².